The summed E-state index contributed by atoms with van der Waals surface area (Å²) in [5.74, 6) is -2.09. The van der Waals surface area contributed by atoms with Crippen LogP contribution >= 0.6 is 0 Å². The third-order valence-electron chi connectivity index (χ3n) is 4.37. The number of amides is 1. The summed E-state index contributed by atoms with van der Waals surface area (Å²) in [6.07, 6.45) is 2.80. The van der Waals surface area contributed by atoms with E-state index in [-0.39, 0.29) is 18.1 Å². The highest BCUT2D eigenvalue weighted by molar-refractivity contribution is 5.91. The summed E-state index contributed by atoms with van der Waals surface area (Å²) in [5, 5.41) is 21.5. The minimum absolute atomic E-state index is 0.00732. The number of rotatable bonds is 3. The van der Waals surface area contributed by atoms with Gasteiger partial charge in [0.2, 0.25) is 5.91 Å². The molecule has 0 spiro atoms. The molecule has 4 atom stereocenters. The molecule has 0 aromatic heterocycles. The van der Waals surface area contributed by atoms with E-state index in [0.717, 1.165) is 19.3 Å². The van der Waals surface area contributed by atoms with Gasteiger partial charge in [-0.15, -0.1) is 0 Å². The van der Waals surface area contributed by atoms with Gasteiger partial charge in [-0.05, 0) is 31.1 Å². The molecule has 0 saturated heterocycles. The quantitative estimate of drug-likeness (QED) is 0.695. The lowest BCUT2D eigenvalue weighted by Crippen LogP contribution is -2.41. The molecule has 0 aromatic rings. The van der Waals surface area contributed by atoms with Crippen LogP contribution in [0, 0.1) is 17.3 Å². The number of hydrogen-bond acceptors (Lipinski definition) is 3. The van der Waals surface area contributed by atoms with Crippen molar-refractivity contribution in [2.24, 2.45) is 17.3 Å². The Labute approximate surface area is 107 Å². The van der Waals surface area contributed by atoms with E-state index in [0.29, 0.717) is 6.42 Å². The molecule has 2 fully saturated rings. The van der Waals surface area contributed by atoms with E-state index in [1.165, 1.54) is 0 Å². The Hall–Kier alpha value is -1.10. The number of aliphatic carboxylic acids is 1. The highest BCUT2D eigenvalue weighted by atomic mass is 16.4. The third kappa shape index (κ3) is 2.36. The third-order valence-corrected chi connectivity index (χ3v) is 4.37. The lowest BCUT2D eigenvalue weighted by molar-refractivity contribution is -0.140. The minimum Gasteiger partial charge on any atom is -0.481 e. The fraction of sp³-hybridized carbons (Fsp3) is 0.846. The standard InChI is InChI=1S/C13H21NO4/c1-13(2)9(10(13)12(17)18)11(16)14-7-4-3-5-8(15)6-7/h7-10,15H,3-6H2,1-2H3,(H,14,16)(H,17,18)/t7?,8?,9-,10+/m1/s1. The maximum atomic E-state index is 12.1. The average Bonchev–Trinajstić information content (AvgIpc) is 2.81. The molecule has 2 saturated carbocycles. The molecule has 0 radical (unpaired) electrons. The molecule has 0 heterocycles. The van der Waals surface area contributed by atoms with Crippen molar-refractivity contribution < 1.29 is 19.8 Å². The number of hydrogen-bond donors (Lipinski definition) is 3. The van der Waals surface area contributed by atoms with Gasteiger partial charge in [-0.3, -0.25) is 9.59 Å². The predicted octanol–water partition coefficient (Wildman–Crippen LogP) is 0.763. The zero-order valence-electron chi connectivity index (χ0n) is 10.8. The van der Waals surface area contributed by atoms with Crippen LogP contribution in [0.1, 0.15) is 39.5 Å². The van der Waals surface area contributed by atoms with Crippen LogP contribution in [0.4, 0.5) is 0 Å². The Morgan fingerprint density at radius 1 is 1.22 bits per heavy atom. The van der Waals surface area contributed by atoms with Crippen molar-refractivity contribution in [3.8, 4) is 0 Å². The van der Waals surface area contributed by atoms with Gasteiger partial charge in [0.15, 0.2) is 0 Å². The number of carbonyl (C=O) groups is 2. The zero-order valence-corrected chi connectivity index (χ0v) is 10.8. The van der Waals surface area contributed by atoms with Gasteiger partial charge in [-0.1, -0.05) is 13.8 Å². The smallest absolute Gasteiger partial charge is 0.307 e. The second kappa shape index (κ2) is 4.53. The molecular weight excluding hydrogens is 234 g/mol. The molecular formula is C13H21NO4. The summed E-state index contributed by atoms with van der Waals surface area (Å²) in [5.41, 5.74) is -0.455. The van der Waals surface area contributed by atoms with Gasteiger partial charge in [0.25, 0.3) is 0 Å². The minimum atomic E-state index is -0.899. The SMILES string of the molecule is CC1(C)[C@H](C(=O)O)[C@@H]1C(=O)NC1CCCC(O)C1. The summed E-state index contributed by atoms with van der Waals surface area (Å²) in [6, 6.07) is -0.00732. The van der Waals surface area contributed by atoms with E-state index in [4.69, 9.17) is 5.11 Å². The van der Waals surface area contributed by atoms with E-state index in [2.05, 4.69) is 5.32 Å². The van der Waals surface area contributed by atoms with Crippen LogP contribution in [-0.2, 0) is 9.59 Å². The van der Waals surface area contributed by atoms with Crippen molar-refractivity contribution in [1.82, 2.24) is 5.32 Å². The Morgan fingerprint density at radius 3 is 2.39 bits per heavy atom. The van der Waals surface area contributed by atoms with E-state index >= 15 is 0 Å². The number of carboxylic acid groups (broad SMARTS) is 1. The van der Waals surface area contributed by atoms with Crippen molar-refractivity contribution in [2.45, 2.75) is 51.7 Å². The van der Waals surface area contributed by atoms with Crippen molar-refractivity contribution in [3.05, 3.63) is 0 Å². The molecule has 2 rings (SSSR count). The molecule has 3 N–H and O–H groups in total. The lowest BCUT2D eigenvalue weighted by Gasteiger charge is -2.26. The van der Waals surface area contributed by atoms with Crippen LogP contribution in [0.3, 0.4) is 0 Å². The fourth-order valence-corrected chi connectivity index (χ4v) is 3.17. The summed E-state index contributed by atoms with van der Waals surface area (Å²) in [7, 11) is 0. The van der Waals surface area contributed by atoms with Crippen LogP contribution in [0.25, 0.3) is 0 Å². The van der Waals surface area contributed by atoms with Gasteiger partial charge in [0.05, 0.1) is 17.9 Å². The number of carbonyl (C=O) groups excluding carboxylic acids is 1. The maximum Gasteiger partial charge on any atom is 0.307 e. The average molecular weight is 255 g/mol. The largest absolute Gasteiger partial charge is 0.481 e. The first-order chi connectivity index (χ1) is 8.34. The normalized spacial score (nSPS) is 37.9. The molecule has 1 amide bonds. The highest BCUT2D eigenvalue weighted by Crippen LogP contribution is 2.58. The second-order valence-corrected chi connectivity index (χ2v) is 6.14. The van der Waals surface area contributed by atoms with Crippen molar-refractivity contribution in [3.63, 3.8) is 0 Å². The van der Waals surface area contributed by atoms with Crippen LogP contribution in [-0.4, -0.2) is 34.2 Å². The molecule has 0 aromatic carbocycles. The molecule has 5 heteroatoms. The predicted molar refractivity (Wildman–Crippen MR) is 64.8 cm³/mol. The molecule has 102 valence electrons. The first-order valence-corrected chi connectivity index (χ1v) is 6.55. The Morgan fingerprint density at radius 2 is 1.89 bits per heavy atom. The highest BCUT2D eigenvalue weighted by Gasteiger charge is 2.66. The number of carboxylic acids is 1. The van der Waals surface area contributed by atoms with Gasteiger partial charge in [-0.25, -0.2) is 0 Å². The molecule has 2 aliphatic rings. The van der Waals surface area contributed by atoms with E-state index in [9.17, 15) is 14.7 Å². The summed E-state index contributed by atoms with van der Waals surface area (Å²) in [6.45, 7) is 3.62. The van der Waals surface area contributed by atoms with Crippen LogP contribution in [0.15, 0.2) is 0 Å². The Kier molecular flexibility index (Phi) is 3.36. The summed E-state index contributed by atoms with van der Waals surface area (Å²) < 4.78 is 0. The zero-order chi connectivity index (χ0) is 13.5. The Bertz CT molecular complexity index is 366. The van der Waals surface area contributed by atoms with Gasteiger partial charge in [0.1, 0.15) is 0 Å². The number of aliphatic hydroxyl groups is 1. The second-order valence-electron chi connectivity index (χ2n) is 6.14. The topological polar surface area (TPSA) is 86.6 Å². The van der Waals surface area contributed by atoms with Crippen LogP contribution < -0.4 is 5.32 Å². The monoisotopic (exact) mass is 255 g/mol. The molecule has 2 aliphatic carbocycles. The summed E-state index contributed by atoms with van der Waals surface area (Å²) in [4.78, 5) is 23.1. The van der Waals surface area contributed by atoms with E-state index in [1.807, 2.05) is 13.8 Å². The first kappa shape index (κ1) is 13.3. The molecule has 5 nitrogen and oxygen atoms in total. The maximum absolute atomic E-state index is 12.1. The van der Waals surface area contributed by atoms with Crippen molar-refractivity contribution in [2.75, 3.05) is 0 Å². The van der Waals surface area contributed by atoms with Crippen LogP contribution in [0.5, 0.6) is 0 Å². The first-order valence-electron chi connectivity index (χ1n) is 6.55. The van der Waals surface area contributed by atoms with Crippen molar-refractivity contribution >= 4 is 11.9 Å². The number of nitrogens with one attached hydrogen (secondary N) is 1. The van der Waals surface area contributed by atoms with E-state index < -0.39 is 23.2 Å². The molecule has 2 unspecified atom stereocenters. The number of aliphatic hydroxyl groups excluding tert-OH is 1. The van der Waals surface area contributed by atoms with Crippen LogP contribution in [0.2, 0.25) is 0 Å². The Balaban J connectivity index is 1.91. The molecule has 18 heavy (non-hydrogen) atoms. The van der Waals surface area contributed by atoms with Gasteiger partial charge < -0.3 is 15.5 Å². The fourth-order valence-electron chi connectivity index (χ4n) is 3.17. The van der Waals surface area contributed by atoms with Gasteiger partial charge in [0, 0.05) is 6.04 Å². The van der Waals surface area contributed by atoms with E-state index in [1.54, 1.807) is 0 Å². The molecule has 0 bridgehead atoms. The van der Waals surface area contributed by atoms with Crippen molar-refractivity contribution in [1.29, 1.82) is 0 Å². The van der Waals surface area contributed by atoms with Gasteiger partial charge in [-0.2, -0.15) is 0 Å². The molecule has 0 aliphatic heterocycles. The lowest BCUT2D eigenvalue weighted by atomic mass is 9.93. The summed E-state index contributed by atoms with van der Waals surface area (Å²) >= 11 is 0. The van der Waals surface area contributed by atoms with Gasteiger partial charge >= 0.3 is 5.97 Å².